The van der Waals surface area contributed by atoms with E-state index >= 15 is 0 Å². The van der Waals surface area contributed by atoms with Gasteiger partial charge in [-0.05, 0) is 48.0 Å². The Kier molecular flexibility index (Phi) is 6.57. The van der Waals surface area contributed by atoms with Crippen molar-refractivity contribution in [3.8, 4) is 33.6 Å². The van der Waals surface area contributed by atoms with Gasteiger partial charge < -0.3 is 4.74 Å². The van der Waals surface area contributed by atoms with E-state index < -0.39 is 5.82 Å². The first kappa shape index (κ1) is 23.6. The molecule has 0 amide bonds. The number of hydrogen-bond donors (Lipinski definition) is 0. The fourth-order valence-corrected chi connectivity index (χ4v) is 4.64. The van der Waals surface area contributed by atoms with Gasteiger partial charge in [-0.2, -0.15) is 0 Å². The van der Waals surface area contributed by atoms with E-state index in [2.05, 4.69) is 30.2 Å². The average Bonchev–Trinajstić information content (AvgIpc) is 3.42. The van der Waals surface area contributed by atoms with E-state index in [9.17, 15) is 4.39 Å². The zero-order chi connectivity index (χ0) is 25.2. The number of morpholine rings is 1. The molecule has 4 aromatic heterocycles. The van der Waals surface area contributed by atoms with Crippen molar-refractivity contribution in [2.75, 3.05) is 32.8 Å². The highest BCUT2D eigenvalue weighted by atomic mass is 35.5. The molecular weight excluding hydrogens is 493 g/mol. The van der Waals surface area contributed by atoms with Gasteiger partial charge in [-0.1, -0.05) is 16.8 Å². The van der Waals surface area contributed by atoms with Gasteiger partial charge in [0, 0.05) is 65.3 Å². The summed E-state index contributed by atoms with van der Waals surface area (Å²) in [7, 11) is 0. The van der Waals surface area contributed by atoms with E-state index in [1.165, 1.54) is 12.1 Å². The minimum absolute atomic E-state index is 0.314. The Morgan fingerprint density at radius 3 is 2.70 bits per heavy atom. The van der Waals surface area contributed by atoms with Crippen molar-refractivity contribution in [3.05, 3.63) is 78.1 Å². The lowest BCUT2D eigenvalue weighted by Crippen LogP contribution is -2.38. The second-order valence-corrected chi connectivity index (χ2v) is 9.27. The molecule has 1 aliphatic heterocycles. The zero-order valence-electron chi connectivity index (χ0n) is 19.9. The van der Waals surface area contributed by atoms with Crippen molar-refractivity contribution < 1.29 is 9.13 Å². The highest BCUT2D eigenvalue weighted by molar-refractivity contribution is 6.30. The van der Waals surface area contributed by atoms with Crippen LogP contribution in [-0.2, 0) is 11.3 Å². The minimum atomic E-state index is -0.404. The van der Waals surface area contributed by atoms with Crippen LogP contribution in [0.2, 0.25) is 5.02 Å². The Morgan fingerprint density at radius 1 is 0.946 bits per heavy atom. The number of fused-ring (bicyclic) bond motifs is 1. The number of aromatic nitrogens is 6. The van der Waals surface area contributed by atoms with Crippen LogP contribution >= 0.6 is 11.6 Å². The Balaban J connectivity index is 1.34. The molecule has 0 spiro atoms. The monoisotopic (exact) mass is 515 g/mol. The maximum atomic E-state index is 14.7. The first-order chi connectivity index (χ1) is 18.1. The standard InChI is InChI=1S/C27H23ClFN7O/c28-20-3-4-24(29)23(13-20)25-14-22(21-2-1-5-31-27(21)32-25)18-12-19(16-30-15-18)26-17-36(34-33-26)7-6-35-8-10-37-11-9-35/h1-5,12-17H,6-11H2. The summed E-state index contributed by atoms with van der Waals surface area (Å²) in [6.45, 7) is 5.04. The van der Waals surface area contributed by atoms with Crippen LogP contribution in [0.25, 0.3) is 44.7 Å². The van der Waals surface area contributed by atoms with Gasteiger partial charge in [-0.25, -0.2) is 14.4 Å². The van der Waals surface area contributed by atoms with Gasteiger partial charge in [0.25, 0.3) is 0 Å². The highest BCUT2D eigenvalue weighted by Gasteiger charge is 2.16. The van der Waals surface area contributed by atoms with Crippen LogP contribution in [0.1, 0.15) is 0 Å². The van der Waals surface area contributed by atoms with Crippen LogP contribution in [0.15, 0.2) is 67.3 Å². The molecule has 0 saturated carbocycles. The van der Waals surface area contributed by atoms with Gasteiger partial charge in [-0.15, -0.1) is 5.10 Å². The summed E-state index contributed by atoms with van der Waals surface area (Å²) >= 11 is 6.16. The van der Waals surface area contributed by atoms with Crippen molar-refractivity contribution in [3.63, 3.8) is 0 Å². The van der Waals surface area contributed by atoms with Crippen LogP contribution in [0, 0.1) is 5.82 Å². The Hall–Kier alpha value is -3.79. The predicted octanol–water partition coefficient (Wildman–Crippen LogP) is 4.74. The largest absolute Gasteiger partial charge is 0.379 e. The highest BCUT2D eigenvalue weighted by Crippen LogP contribution is 2.34. The molecule has 10 heteroatoms. The smallest absolute Gasteiger partial charge is 0.160 e. The molecule has 0 radical (unpaired) electrons. The molecule has 1 aromatic carbocycles. The fraction of sp³-hybridized carbons (Fsp3) is 0.222. The number of benzene rings is 1. The molecular formula is C27H23ClFN7O. The van der Waals surface area contributed by atoms with Gasteiger partial charge >= 0.3 is 0 Å². The van der Waals surface area contributed by atoms with Crippen molar-refractivity contribution >= 4 is 22.6 Å². The third-order valence-corrected chi connectivity index (χ3v) is 6.66. The summed E-state index contributed by atoms with van der Waals surface area (Å²) in [5, 5.41) is 9.95. The van der Waals surface area contributed by atoms with E-state index in [1.807, 2.05) is 35.1 Å². The first-order valence-corrected chi connectivity index (χ1v) is 12.4. The van der Waals surface area contributed by atoms with Gasteiger partial charge in [0.15, 0.2) is 5.65 Å². The molecule has 0 atom stereocenters. The summed E-state index contributed by atoms with van der Waals surface area (Å²) in [6, 6.07) is 12.1. The Morgan fingerprint density at radius 2 is 1.81 bits per heavy atom. The molecule has 6 rings (SSSR count). The molecule has 5 heterocycles. The molecule has 1 fully saturated rings. The zero-order valence-corrected chi connectivity index (χ0v) is 20.6. The average molecular weight is 516 g/mol. The Labute approximate surface area is 217 Å². The number of hydrogen-bond acceptors (Lipinski definition) is 7. The molecule has 37 heavy (non-hydrogen) atoms. The van der Waals surface area contributed by atoms with Gasteiger partial charge in [0.05, 0.1) is 31.6 Å². The quantitative estimate of drug-likeness (QED) is 0.323. The maximum absolute atomic E-state index is 14.7. The number of ether oxygens (including phenoxy) is 1. The second kappa shape index (κ2) is 10.3. The van der Waals surface area contributed by atoms with Crippen LogP contribution in [-0.4, -0.2) is 67.7 Å². The summed E-state index contributed by atoms with van der Waals surface area (Å²) in [5.74, 6) is -0.404. The maximum Gasteiger partial charge on any atom is 0.160 e. The van der Waals surface area contributed by atoms with Crippen LogP contribution < -0.4 is 0 Å². The van der Waals surface area contributed by atoms with Gasteiger partial charge in [-0.3, -0.25) is 14.6 Å². The molecule has 186 valence electrons. The minimum Gasteiger partial charge on any atom is -0.379 e. The SMILES string of the molecule is Fc1ccc(Cl)cc1-c1cc(-c2cncc(-c3cn(CCN4CCOCC4)nn3)c2)c2cccnc2n1. The number of pyridine rings is 3. The van der Waals surface area contributed by atoms with Crippen molar-refractivity contribution in [1.29, 1.82) is 0 Å². The van der Waals surface area contributed by atoms with Crippen LogP contribution in [0.4, 0.5) is 4.39 Å². The van der Waals surface area contributed by atoms with E-state index in [1.54, 1.807) is 24.7 Å². The number of halogens is 2. The second-order valence-electron chi connectivity index (χ2n) is 8.84. The fourth-order valence-electron chi connectivity index (χ4n) is 4.46. The molecule has 0 N–H and O–H groups in total. The third-order valence-electron chi connectivity index (χ3n) is 6.42. The summed E-state index contributed by atoms with van der Waals surface area (Å²) < 4.78 is 22.0. The Bertz CT molecular complexity index is 1570. The lowest BCUT2D eigenvalue weighted by atomic mass is 9.99. The topological polar surface area (TPSA) is 81.9 Å². The van der Waals surface area contributed by atoms with Crippen molar-refractivity contribution in [2.24, 2.45) is 0 Å². The molecule has 1 saturated heterocycles. The van der Waals surface area contributed by atoms with E-state index in [4.69, 9.17) is 16.3 Å². The van der Waals surface area contributed by atoms with Crippen LogP contribution in [0.5, 0.6) is 0 Å². The first-order valence-electron chi connectivity index (χ1n) is 12.0. The normalized spacial score (nSPS) is 14.3. The molecule has 5 aromatic rings. The van der Waals surface area contributed by atoms with Gasteiger partial charge in [0.2, 0.25) is 0 Å². The third kappa shape index (κ3) is 5.06. The molecule has 0 bridgehead atoms. The number of nitrogens with zero attached hydrogens (tertiary/aromatic N) is 7. The van der Waals surface area contributed by atoms with E-state index in [0.29, 0.717) is 21.9 Å². The summed E-state index contributed by atoms with van der Waals surface area (Å²) in [4.78, 5) is 15.9. The predicted molar refractivity (Wildman–Crippen MR) is 139 cm³/mol. The van der Waals surface area contributed by atoms with Crippen molar-refractivity contribution in [2.45, 2.75) is 6.54 Å². The molecule has 8 nitrogen and oxygen atoms in total. The molecule has 0 aliphatic carbocycles. The lowest BCUT2D eigenvalue weighted by molar-refractivity contribution is 0.0359. The van der Waals surface area contributed by atoms with Crippen molar-refractivity contribution in [1.82, 2.24) is 34.8 Å². The van der Waals surface area contributed by atoms with E-state index in [0.717, 1.165) is 67.2 Å². The summed E-state index contributed by atoms with van der Waals surface area (Å²) in [5.41, 5.74) is 4.50. The molecule has 0 unspecified atom stereocenters. The molecule has 1 aliphatic rings. The van der Waals surface area contributed by atoms with Gasteiger partial charge in [0.1, 0.15) is 11.5 Å². The van der Waals surface area contributed by atoms with Crippen LogP contribution in [0.3, 0.4) is 0 Å². The summed E-state index contributed by atoms with van der Waals surface area (Å²) in [6.07, 6.45) is 7.13. The number of rotatable bonds is 6. The lowest BCUT2D eigenvalue weighted by Gasteiger charge is -2.26. The van der Waals surface area contributed by atoms with E-state index in [-0.39, 0.29) is 0 Å².